The SMILES string of the molecule is CCOc1ccc2c(S)csc2c1Cl. The summed E-state index contributed by atoms with van der Waals surface area (Å²) in [5, 5.41) is 3.76. The molecular weight excluding hydrogens is 236 g/mol. The summed E-state index contributed by atoms with van der Waals surface area (Å²) in [7, 11) is 0. The van der Waals surface area contributed by atoms with E-state index in [9.17, 15) is 0 Å². The predicted octanol–water partition coefficient (Wildman–Crippen LogP) is 4.24. The van der Waals surface area contributed by atoms with Crippen LogP contribution in [-0.2, 0) is 0 Å². The Kier molecular flexibility index (Phi) is 2.91. The molecule has 0 unspecified atom stereocenters. The number of hydrogen-bond acceptors (Lipinski definition) is 3. The van der Waals surface area contributed by atoms with Crippen LogP contribution in [0.15, 0.2) is 22.4 Å². The maximum absolute atomic E-state index is 6.19. The molecule has 0 aliphatic rings. The van der Waals surface area contributed by atoms with Gasteiger partial charge in [-0.05, 0) is 19.1 Å². The summed E-state index contributed by atoms with van der Waals surface area (Å²) in [6.07, 6.45) is 0. The largest absolute Gasteiger partial charge is 0.492 e. The van der Waals surface area contributed by atoms with Crippen LogP contribution in [0.1, 0.15) is 6.92 Å². The maximum atomic E-state index is 6.19. The summed E-state index contributed by atoms with van der Waals surface area (Å²) >= 11 is 12.1. The van der Waals surface area contributed by atoms with Gasteiger partial charge in [-0.3, -0.25) is 0 Å². The lowest BCUT2D eigenvalue weighted by molar-refractivity contribution is 0.341. The van der Waals surface area contributed by atoms with E-state index in [1.807, 2.05) is 24.4 Å². The Labute approximate surface area is 97.1 Å². The molecule has 0 amide bonds. The van der Waals surface area contributed by atoms with Gasteiger partial charge in [0.05, 0.1) is 11.3 Å². The summed E-state index contributed by atoms with van der Waals surface area (Å²) in [6, 6.07) is 3.88. The minimum atomic E-state index is 0.629. The Morgan fingerprint density at radius 1 is 1.50 bits per heavy atom. The molecule has 2 rings (SSSR count). The molecule has 0 N–H and O–H groups in total. The van der Waals surface area contributed by atoms with Gasteiger partial charge < -0.3 is 4.74 Å². The van der Waals surface area contributed by atoms with Crippen LogP contribution in [0.5, 0.6) is 5.75 Å². The summed E-state index contributed by atoms with van der Waals surface area (Å²) in [6.45, 7) is 2.57. The average molecular weight is 245 g/mol. The van der Waals surface area contributed by atoms with Crippen molar-refractivity contribution in [3.05, 3.63) is 22.5 Å². The lowest BCUT2D eigenvalue weighted by Gasteiger charge is -2.05. The van der Waals surface area contributed by atoms with Crippen molar-refractivity contribution in [1.82, 2.24) is 0 Å². The number of thiol groups is 1. The van der Waals surface area contributed by atoms with Crippen LogP contribution in [0.3, 0.4) is 0 Å². The molecule has 2 aromatic rings. The standard InChI is InChI=1S/C10H9ClOS2/c1-2-12-7-4-3-6-8(13)5-14-10(6)9(7)11/h3-5,13H,2H2,1H3. The molecule has 1 heterocycles. The second kappa shape index (κ2) is 4.01. The molecule has 0 aliphatic carbocycles. The van der Waals surface area contributed by atoms with Crippen molar-refractivity contribution < 1.29 is 4.74 Å². The van der Waals surface area contributed by atoms with E-state index in [0.29, 0.717) is 11.6 Å². The highest BCUT2D eigenvalue weighted by molar-refractivity contribution is 7.80. The van der Waals surface area contributed by atoms with E-state index in [1.165, 1.54) is 0 Å². The van der Waals surface area contributed by atoms with Crippen LogP contribution in [0.2, 0.25) is 5.02 Å². The van der Waals surface area contributed by atoms with Gasteiger partial charge in [-0.2, -0.15) is 0 Å². The molecule has 4 heteroatoms. The zero-order valence-corrected chi connectivity index (χ0v) is 10.0. The number of hydrogen-bond donors (Lipinski definition) is 1. The minimum absolute atomic E-state index is 0.629. The first-order valence-electron chi connectivity index (χ1n) is 4.25. The van der Waals surface area contributed by atoms with E-state index < -0.39 is 0 Å². The van der Waals surface area contributed by atoms with Crippen LogP contribution in [-0.4, -0.2) is 6.61 Å². The molecule has 0 fully saturated rings. The first kappa shape index (κ1) is 10.1. The number of ether oxygens (including phenoxy) is 1. The van der Waals surface area contributed by atoms with Crippen molar-refractivity contribution in [2.24, 2.45) is 0 Å². The Morgan fingerprint density at radius 3 is 3.00 bits per heavy atom. The highest BCUT2D eigenvalue weighted by Gasteiger charge is 2.09. The van der Waals surface area contributed by atoms with Gasteiger partial charge >= 0.3 is 0 Å². The third-order valence-electron chi connectivity index (χ3n) is 1.93. The van der Waals surface area contributed by atoms with Gasteiger partial charge in [0.15, 0.2) is 0 Å². The van der Waals surface area contributed by atoms with Gasteiger partial charge in [0, 0.05) is 15.7 Å². The second-order valence-electron chi connectivity index (χ2n) is 2.81. The third-order valence-corrected chi connectivity index (χ3v) is 3.97. The van der Waals surface area contributed by atoms with Gasteiger partial charge in [-0.15, -0.1) is 24.0 Å². The summed E-state index contributed by atoms with van der Waals surface area (Å²) in [4.78, 5) is 0.968. The first-order valence-corrected chi connectivity index (χ1v) is 5.96. The van der Waals surface area contributed by atoms with Gasteiger partial charge in [0.1, 0.15) is 10.8 Å². The Morgan fingerprint density at radius 2 is 2.29 bits per heavy atom. The average Bonchev–Trinajstić information content (AvgIpc) is 2.54. The summed E-state index contributed by atoms with van der Waals surface area (Å²) < 4.78 is 6.45. The molecular formula is C10H9ClOS2. The smallest absolute Gasteiger partial charge is 0.139 e. The van der Waals surface area contributed by atoms with Gasteiger partial charge in [0.25, 0.3) is 0 Å². The van der Waals surface area contributed by atoms with Crippen molar-refractivity contribution in [1.29, 1.82) is 0 Å². The molecule has 0 spiro atoms. The Hall–Kier alpha value is -0.380. The predicted molar refractivity (Wildman–Crippen MR) is 65.3 cm³/mol. The molecule has 1 nitrogen and oxygen atoms in total. The third kappa shape index (κ3) is 1.60. The fraction of sp³-hybridized carbons (Fsp3) is 0.200. The molecule has 1 aromatic heterocycles. The molecule has 0 saturated heterocycles. The highest BCUT2D eigenvalue weighted by Crippen LogP contribution is 2.39. The monoisotopic (exact) mass is 244 g/mol. The molecule has 14 heavy (non-hydrogen) atoms. The number of benzene rings is 1. The van der Waals surface area contributed by atoms with E-state index in [4.69, 9.17) is 16.3 Å². The quantitative estimate of drug-likeness (QED) is 0.778. The van der Waals surface area contributed by atoms with Crippen LogP contribution < -0.4 is 4.74 Å². The van der Waals surface area contributed by atoms with Crippen molar-refractivity contribution in [2.45, 2.75) is 11.8 Å². The lowest BCUT2D eigenvalue weighted by Crippen LogP contribution is -1.91. The van der Waals surface area contributed by atoms with Gasteiger partial charge in [-0.1, -0.05) is 11.6 Å². The first-order chi connectivity index (χ1) is 6.74. The summed E-state index contributed by atoms with van der Waals surface area (Å²) in [5.74, 6) is 0.747. The highest BCUT2D eigenvalue weighted by atomic mass is 35.5. The fourth-order valence-electron chi connectivity index (χ4n) is 1.30. The van der Waals surface area contributed by atoms with E-state index in [2.05, 4.69) is 12.6 Å². The number of halogens is 1. The molecule has 0 saturated carbocycles. The second-order valence-corrected chi connectivity index (χ2v) is 4.55. The van der Waals surface area contributed by atoms with E-state index in [1.54, 1.807) is 11.3 Å². The fourth-order valence-corrected chi connectivity index (χ4v) is 2.94. The molecule has 0 bridgehead atoms. The molecule has 74 valence electrons. The number of fused-ring (bicyclic) bond motifs is 1. The van der Waals surface area contributed by atoms with E-state index in [-0.39, 0.29) is 0 Å². The van der Waals surface area contributed by atoms with Crippen molar-refractivity contribution >= 4 is 45.7 Å². The maximum Gasteiger partial charge on any atom is 0.139 e. The molecule has 0 atom stereocenters. The van der Waals surface area contributed by atoms with E-state index >= 15 is 0 Å². The number of rotatable bonds is 2. The van der Waals surface area contributed by atoms with Crippen LogP contribution in [0.4, 0.5) is 0 Å². The van der Waals surface area contributed by atoms with Crippen LogP contribution >= 0.6 is 35.6 Å². The molecule has 0 aliphatic heterocycles. The zero-order valence-electron chi connectivity index (χ0n) is 7.58. The normalized spacial score (nSPS) is 10.8. The van der Waals surface area contributed by atoms with Gasteiger partial charge in [-0.25, -0.2) is 0 Å². The Bertz CT molecular complexity index is 464. The zero-order chi connectivity index (χ0) is 10.1. The molecule has 1 aromatic carbocycles. The molecule has 0 radical (unpaired) electrons. The van der Waals surface area contributed by atoms with Gasteiger partial charge in [0.2, 0.25) is 0 Å². The van der Waals surface area contributed by atoms with Crippen molar-refractivity contribution in [2.75, 3.05) is 6.61 Å². The van der Waals surface area contributed by atoms with Crippen LogP contribution in [0, 0.1) is 0 Å². The Balaban J connectivity index is 2.63. The van der Waals surface area contributed by atoms with E-state index in [0.717, 1.165) is 20.7 Å². The number of thiophene rings is 1. The summed E-state index contributed by atoms with van der Waals surface area (Å²) in [5.41, 5.74) is 0. The van der Waals surface area contributed by atoms with Crippen LogP contribution in [0.25, 0.3) is 10.1 Å². The van der Waals surface area contributed by atoms with Crippen molar-refractivity contribution in [3.63, 3.8) is 0 Å². The van der Waals surface area contributed by atoms with Crippen molar-refractivity contribution in [3.8, 4) is 5.75 Å². The lowest BCUT2D eigenvalue weighted by atomic mass is 10.2. The minimum Gasteiger partial charge on any atom is -0.492 e. The topological polar surface area (TPSA) is 9.23 Å².